The van der Waals surface area contributed by atoms with E-state index in [1.54, 1.807) is 4.90 Å². The molecule has 0 aliphatic carbocycles. The summed E-state index contributed by atoms with van der Waals surface area (Å²) in [5.74, 6) is 0.908. The zero-order chi connectivity index (χ0) is 22.8. The van der Waals surface area contributed by atoms with Crippen LogP contribution in [0.2, 0.25) is 0 Å². The van der Waals surface area contributed by atoms with Crippen molar-refractivity contribution >= 4 is 12.0 Å². The van der Waals surface area contributed by atoms with Crippen molar-refractivity contribution in [2.75, 3.05) is 13.1 Å². The normalized spacial score (nSPS) is 19.4. The fraction of sp³-hybridized carbons (Fsp3) is 0.565. The summed E-state index contributed by atoms with van der Waals surface area (Å²) < 4.78 is 11.2. The first kappa shape index (κ1) is 22.8. The number of aryl methyl sites for hydroxylation is 2. The smallest absolute Gasteiger partial charge is 0.410 e. The number of hydrogen-bond donors (Lipinski definition) is 0. The van der Waals surface area contributed by atoms with Crippen molar-refractivity contribution in [1.82, 2.24) is 20.0 Å². The molecule has 0 N–H and O–H groups in total. The van der Waals surface area contributed by atoms with Crippen LogP contribution in [0.4, 0.5) is 4.79 Å². The lowest BCUT2D eigenvalue weighted by molar-refractivity contribution is -0.139. The molecule has 1 aromatic carbocycles. The molecule has 1 aromatic heterocycles. The average molecular weight is 429 g/mol. The summed E-state index contributed by atoms with van der Waals surface area (Å²) in [6, 6.07) is 7.64. The van der Waals surface area contributed by atoms with Crippen LogP contribution >= 0.6 is 0 Å². The molecule has 8 nitrogen and oxygen atoms in total. The number of rotatable bonds is 4. The highest BCUT2D eigenvalue weighted by Gasteiger charge is 2.36. The molecule has 8 heteroatoms. The summed E-state index contributed by atoms with van der Waals surface area (Å²) in [6.45, 7) is 12.4. The molecule has 168 valence electrons. The summed E-state index contributed by atoms with van der Waals surface area (Å²) in [4.78, 5) is 28.8. The Balaban J connectivity index is 1.56. The number of carbonyl (C=O) groups is 2. The zero-order valence-electron chi connectivity index (χ0n) is 19.2. The predicted molar refractivity (Wildman–Crippen MR) is 116 cm³/mol. The van der Waals surface area contributed by atoms with Crippen LogP contribution in [0.3, 0.4) is 0 Å². The van der Waals surface area contributed by atoms with Gasteiger partial charge in [-0.1, -0.05) is 17.7 Å². The van der Waals surface area contributed by atoms with Crippen LogP contribution < -0.4 is 0 Å². The Morgan fingerprint density at radius 2 is 1.71 bits per heavy atom. The van der Waals surface area contributed by atoms with Crippen molar-refractivity contribution in [3.8, 4) is 11.5 Å². The molecule has 3 rings (SSSR count). The van der Waals surface area contributed by atoms with Crippen LogP contribution in [-0.2, 0) is 16.0 Å². The van der Waals surface area contributed by atoms with Gasteiger partial charge < -0.3 is 19.0 Å². The van der Waals surface area contributed by atoms with Crippen molar-refractivity contribution in [3.05, 3.63) is 35.7 Å². The number of amides is 2. The Labute approximate surface area is 183 Å². The number of piperazine rings is 1. The van der Waals surface area contributed by atoms with Crippen LogP contribution in [0, 0.1) is 6.92 Å². The van der Waals surface area contributed by atoms with Crippen molar-refractivity contribution in [2.45, 2.75) is 72.1 Å². The van der Waals surface area contributed by atoms with Gasteiger partial charge in [0.15, 0.2) is 0 Å². The van der Waals surface area contributed by atoms with Crippen LogP contribution in [0.15, 0.2) is 28.7 Å². The molecule has 2 aromatic rings. The highest BCUT2D eigenvalue weighted by Crippen LogP contribution is 2.22. The Kier molecular flexibility index (Phi) is 6.67. The predicted octanol–water partition coefficient (Wildman–Crippen LogP) is 3.83. The van der Waals surface area contributed by atoms with Gasteiger partial charge in [-0.05, 0) is 53.7 Å². The Morgan fingerprint density at radius 3 is 2.29 bits per heavy atom. The molecule has 31 heavy (non-hydrogen) atoms. The van der Waals surface area contributed by atoms with Gasteiger partial charge in [-0.2, -0.15) is 0 Å². The maximum absolute atomic E-state index is 12.9. The first-order valence-corrected chi connectivity index (χ1v) is 10.7. The van der Waals surface area contributed by atoms with Gasteiger partial charge in [0.1, 0.15) is 5.60 Å². The van der Waals surface area contributed by atoms with E-state index in [0.29, 0.717) is 31.3 Å². The minimum atomic E-state index is -0.544. The summed E-state index contributed by atoms with van der Waals surface area (Å²) in [5.41, 5.74) is 1.47. The van der Waals surface area contributed by atoms with E-state index in [2.05, 4.69) is 10.2 Å². The molecule has 2 unspecified atom stereocenters. The zero-order valence-corrected chi connectivity index (χ0v) is 19.2. The number of nitrogens with zero attached hydrogens (tertiary/aromatic N) is 4. The standard InChI is InChI=1S/C23H32N4O4/c1-15-7-9-18(10-8-15)21-25-24-19(30-21)11-12-20(28)27-16(2)13-26(14-17(27)3)22(29)31-23(4,5)6/h7-10,16-17H,11-14H2,1-6H3. The molecule has 1 aliphatic rings. The van der Waals surface area contributed by atoms with E-state index in [1.165, 1.54) is 0 Å². The quantitative estimate of drug-likeness (QED) is 0.735. The highest BCUT2D eigenvalue weighted by atomic mass is 16.6. The monoisotopic (exact) mass is 428 g/mol. The van der Waals surface area contributed by atoms with Crippen LogP contribution in [0.1, 0.15) is 52.5 Å². The lowest BCUT2D eigenvalue weighted by atomic mass is 10.1. The van der Waals surface area contributed by atoms with Gasteiger partial charge in [0, 0.05) is 43.6 Å². The van der Waals surface area contributed by atoms with Gasteiger partial charge in [-0.15, -0.1) is 10.2 Å². The third kappa shape index (κ3) is 5.83. The third-order valence-electron chi connectivity index (χ3n) is 5.18. The fourth-order valence-corrected chi connectivity index (χ4v) is 3.80. The van der Waals surface area contributed by atoms with Crippen LogP contribution in [0.25, 0.3) is 11.5 Å². The Morgan fingerprint density at radius 1 is 1.10 bits per heavy atom. The van der Waals surface area contributed by atoms with Crippen LogP contribution in [0.5, 0.6) is 0 Å². The van der Waals surface area contributed by atoms with Crippen molar-refractivity contribution < 1.29 is 18.7 Å². The number of aromatic nitrogens is 2. The second-order valence-electron chi connectivity index (χ2n) is 9.25. The molecule has 1 aliphatic heterocycles. The molecule has 2 amide bonds. The Hall–Kier alpha value is -2.90. The molecule has 1 saturated heterocycles. The molecule has 0 saturated carbocycles. The second-order valence-corrected chi connectivity index (χ2v) is 9.25. The number of ether oxygens (including phenoxy) is 1. The summed E-state index contributed by atoms with van der Waals surface area (Å²) in [6.07, 6.45) is 0.313. The van der Waals surface area contributed by atoms with Gasteiger partial charge in [-0.3, -0.25) is 4.79 Å². The highest BCUT2D eigenvalue weighted by molar-refractivity contribution is 5.78. The lowest BCUT2D eigenvalue weighted by Crippen LogP contribution is -2.60. The third-order valence-corrected chi connectivity index (χ3v) is 5.18. The van der Waals surface area contributed by atoms with Crippen LogP contribution in [-0.4, -0.2) is 62.8 Å². The SMILES string of the molecule is Cc1ccc(-c2nnc(CCC(=O)N3C(C)CN(C(=O)OC(C)(C)C)CC3C)o2)cc1. The maximum Gasteiger partial charge on any atom is 0.410 e. The van der Waals surface area contributed by atoms with E-state index in [0.717, 1.165) is 11.1 Å². The molecule has 2 atom stereocenters. The van der Waals surface area contributed by atoms with Crippen molar-refractivity contribution in [3.63, 3.8) is 0 Å². The molecular weight excluding hydrogens is 396 g/mol. The van der Waals surface area contributed by atoms with E-state index in [4.69, 9.17) is 9.15 Å². The largest absolute Gasteiger partial charge is 0.444 e. The number of carbonyl (C=O) groups excluding carboxylic acids is 2. The molecular formula is C23H32N4O4. The minimum Gasteiger partial charge on any atom is -0.444 e. The summed E-state index contributed by atoms with van der Waals surface area (Å²) in [7, 11) is 0. The first-order valence-electron chi connectivity index (χ1n) is 10.7. The first-order chi connectivity index (χ1) is 14.5. The van der Waals surface area contributed by atoms with Gasteiger partial charge in [-0.25, -0.2) is 4.79 Å². The van der Waals surface area contributed by atoms with Gasteiger partial charge in [0.2, 0.25) is 17.7 Å². The minimum absolute atomic E-state index is 0.0129. The van der Waals surface area contributed by atoms with E-state index in [-0.39, 0.29) is 30.5 Å². The lowest BCUT2D eigenvalue weighted by Gasteiger charge is -2.44. The summed E-state index contributed by atoms with van der Waals surface area (Å²) >= 11 is 0. The van der Waals surface area contributed by atoms with Crippen molar-refractivity contribution in [1.29, 1.82) is 0 Å². The van der Waals surface area contributed by atoms with E-state index >= 15 is 0 Å². The van der Waals surface area contributed by atoms with E-state index in [1.807, 2.05) is 70.7 Å². The molecule has 0 spiro atoms. The van der Waals surface area contributed by atoms with Crippen molar-refractivity contribution in [2.24, 2.45) is 0 Å². The number of benzene rings is 1. The fourth-order valence-electron chi connectivity index (χ4n) is 3.80. The van der Waals surface area contributed by atoms with Gasteiger partial charge >= 0.3 is 6.09 Å². The van der Waals surface area contributed by atoms with E-state index < -0.39 is 5.60 Å². The molecule has 0 bridgehead atoms. The molecule has 1 fully saturated rings. The second kappa shape index (κ2) is 9.08. The van der Waals surface area contributed by atoms with Gasteiger partial charge in [0.05, 0.1) is 0 Å². The average Bonchev–Trinajstić information content (AvgIpc) is 3.14. The maximum atomic E-state index is 12.9. The number of hydrogen-bond acceptors (Lipinski definition) is 6. The molecule has 0 radical (unpaired) electrons. The Bertz CT molecular complexity index is 904. The van der Waals surface area contributed by atoms with E-state index in [9.17, 15) is 9.59 Å². The topological polar surface area (TPSA) is 88.8 Å². The van der Waals surface area contributed by atoms with Gasteiger partial charge in [0.25, 0.3) is 0 Å². The summed E-state index contributed by atoms with van der Waals surface area (Å²) in [5, 5.41) is 8.18. The molecule has 2 heterocycles.